The Morgan fingerprint density at radius 3 is 2.76 bits per heavy atom. The molecule has 0 saturated heterocycles. The molecule has 2 aromatic rings. The number of nitrogens with zero attached hydrogens (tertiary/aromatic N) is 2. The molecule has 0 bridgehead atoms. The summed E-state index contributed by atoms with van der Waals surface area (Å²) in [6.45, 7) is 8.21. The minimum atomic E-state index is 0.0962. The molecule has 2 rings (SSSR count). The lowest BCUT2D eigenvalue weighted by Gasteiger charge is -2.22. The maximum absolute atomic E-state index is 5.56. The van der Waals surface area contributed by atoms with Gasteiger partial charge in [-0.2, -0.15) is 5.10 Å². The molecule has 21 heavy (non-hydrogen) atoms. The predicted octanol–water partition coefficient (Wildman–Crippen LogP) is 3.31. The van der Waals surface area contributed by atoms with Gasteiger partial charge >= 0.3 is 0 Å². The Morgan fingerprint density at radius 1 is 1.29 bits per heavy atom. The lowest BCUT2D eigenvalue weighted by molar-refractivity contribution is 0.401. The Bertz CT molecular complexity index is 577. The van der Waals surface area contributed by atoms with E-state index in [0.717, 1.165) is 30.8 Å². The molecular weight excluding hydrogens is 262 g/mol. The summed E-state index contributed by atoms with van der Waals surface area (Å²) in [5.41, 5.74) is 3.58. The van der Waals surface area contributed by atoms with Gasteiger partial charge in [0.1, 0.15) is 5.75 Å². The Morgan fingerprint density at radius 2 is 2.10 bits per heavy atom. The van der Waals surface area contributed by atoms with Gasteiger partial charge in [0, 0.05) is 18.3 Å². The molecule has 0 spiro atoms. The molecule has 0 aliphatic heterocycles. The fourth-order valence-corrected chi connectivity index (χ4v) is 2.64. The summed E-state index contributed by atoms with van der Waals surface area (Å²) in [5, 5.41) is 8.01. The Balaban J connectivity index is 2.47. The molecule has 0 amide bonds. The zero-order valence-electron chi connectivity index (χ0n) is 13.4. The Kier molecular flexibility index (Phi) is 5.39. The molecule has 0 fully saturated rings. The van der Waals surface area contributed by atoms with Gasteiger partial charge in [0.15, 0.2) is 0 Å². The van der Waals surface area contributed by atoms with Crippen LogP contribution < -0.4 is 10.1 Å². The highest BCUT2D eigenvalue weighted by atomic mass is 16.5. The van der Waals surface area contributed by atoms with E-state index in [-0.39, 0.29) is 6.04 Å². The van der Waals surface area contributed by atoms with Crippen LogP contribution in [0.2, 0.25) is 0 Å². The van der Waals surface area contributed by atoms with Crippen LogP contribution in [0.4, 0.5) is 0 Å². The molecule has 1 aromatic carbocycles. The summed E-state index contributed by atoms with van der Waals surface area (Å²) in [6.07, 6.45) is 2.94. The first kappa shape index (κ1) is 15.6. The summed E-state index contributed by atoms with van der Waals surface area (Å²) < 4.78 is 7.63. The summed E-state index contributed by atoms with van der Waals surface area (Å²) in [5.74, 6) is 0.913. The van der Waals surface area contributed by atoms with Crippen molar-refractivity contribution in [2.24, 2.45) is 0 Å². The average molecular weight is 287 g/mol. The second-order valence-electron chi connectivity index (χ2n) is 5.22. The number of rotatable bonds is 7. The van der Waals surface area contributed by atoms with Crippen molar-refractivity contribution in [2.45, 2.75) is 39.8 Å². The van der Waals surface area contributed by atoms with Crippen LogP contribution in [-0.2, 0) is 6.54 Å². The van der Waals surface area contributed by atoms with Gasteiger partial charge in [-0.1, -0.05) is 31.5 Å². The van der Waals surface area contributed by atoms with Gasteiger partial charge in [-0.15, -0.1) is 0 Å². The van der Waals surface area contributed by atoms with Crippen molar-refractivity contribution in [1.82, 2.24) is 15.1 Å². The highest BCUT2D eigenvalue weighted by molar-refractivity contribution is 5.42. The third-order valence-corrected chi connectivity index (χ3v) is 3.59. The van der Waals surface area contributed by atoms with E-state index in [1.807, 2.05) is 12.3 Å². The molecule has 4 nitrogen and oxygen atoms in total. The molecule has 0 aliphatic carbocycles. The van der Waals surface area contributed by atoms with Gasteiger partial charge in [0.2, 0.25) is 0 Å². The third kappa shape index (κ3) is 3.45. The second-order valence-corrected chi connectivity index (χ2v) is 5.22. The topological polar surface area (TPSA) is 39.1 Å². The van der Waals surface area contributed by atoms with Crippen LogP contribution in [0, 0.1) is 6.92 Å². The zero-order chi connectivity index (χ0) is 15.2. The standard InChI is InChI=1S/C17H25N3O/c1-5-11-20-15(9-10-19-20)17(18-6-2)14-12-13(3)7-8-16(14)21-4/h7-10,12,17-18H,5-6,11H2,1-4H3. The van der Waals surface area contributed by atoms with Crippen LogP contribution in [-0.4, -0.2) is 23.4 Å². The van der Waals surface area contributed by atoms with Crippen molar-refractivity contribution in [3.63, 3.8) is 0 Å². The van der Waals surface area contributed by atoms with Crippen molar-refractivity contribution in [2.75, 3.05) is 13.7 Å². The molecule has 114 valence electrons. The number of aryl methyl sites for hydroxylation is 2. The lowest BCUT2D eigenvalue weighted by Crippen LogP contribution is -2.25. The fourth-order valence-electron chi connectivity index (χ4n) is 2.64. The van der Waals surface area contributed by atoms with Crippen molar-refractivity contribution < 1.29 is 4.74 Å². The largest absolute Gasteiger partial charge is 0.496 e. The van der Waals surface area contributed by atoms with Crippen molar-refractivity contribution >= 4 is 0 Å². The summed E-state index contributed by atoms with van der Waals surface area (Å²) >= 11 is 0. The normalized spacial score (nSPS) is 12.4. The van der Waals surface area contributed by atoms with Crippen molar-refractivity contribution in [3.8, 4) is 5.75 Å². The Hall–Kier alpha value is -1.81. The van der Waals surface area contributed by atoms with Crippen LogP contribution in [0.5, 0.6) is 5.75 Å². The van der Waals surface area contributed by atoms with E-state index in [0.29, 0.717) is 0 Å². The molecule has 0 radical (unpaired) electrons. The van der Waals surface area contributed by atoms with Gasteiger partial charge in [0.05, 0.1) is 18.8 Å². The third-order valence-electron chi connectivity index (χ3n) is 3.59. The molecule has 1 aromatic heterocycles. The van der Waals surface area contributed by atoms with E-state index in [4.69, 9.17) is 4.74 Å². The van der Waals surface area contributed by atoms with Crippen LogP contribution >= 0.6 is 0 Å². The summed E-state index contributed by atoms with van der Waals surface area (Å²) in [7, 11) is 1.72. The van der Waals surface area contributed by atoms with Gasteiger partial charge in [0.25, 0.3) is 0 Å². The molecule has 1 heterocycles. The first-order valence-electron chi connectivity index (χ1n) is 7.60. The number of benzene rings is 1. The molecule has 1 N–H and O–H groups in total. The molecule has 0 aliphatic rings. The van der Waals surface area contributed by atoms with Gasteiger partial charge < -0.3 is 10.1 Å². The van der Waals surface area contributed by atoms with E-state index in [1.54, 1.807) is 7.11 Å². The quantitative estimate of drug-likeness (QED) is 0.849. The van der Waals surface area contributed by atoms with E-state index in [1.165, 1.54) is 11.3 Å². The van der Waals surface area contributed by atoms with Crippen LogP contribution in [0.1, 0.15) is 43.1 Å². The number of aromatic nitrogens is 2. The monoisotopic (exact) mass is 287 g/mol. The van der Waals surface area contributed by atoms with E-state index < -0.39 is 0 Å². The molecule has 4 heteroatoms. The van der Waals surface area contributed by atoms with Crippen LogP contribution in [0.3, 0.4) is 0 Å². The van der Waals surface area contributed by atoms with Crippen molar-refractivity contribution in [1.29, 1.82) is 0 Å². The zero-order valence-corrected chi connectivity index (χ0v) is 13.4. The first-order valence-corrected chi connectivity index (χ1v) is 7.60. The maximum atomic E-state index is 5.56. The van der Waals surface area contributed by atoms with Gasteiger partial charge in [-0.05, 0) is 32.0 Å². The molecule has 1 unspecified atom stereocenters. The summed E-state index contributed by atoms with van der Waals surface area (Å²) in [4.78, 5) is 0. The van der Waals surface area contributed by atoms with Gasteiger partial charge in [-0.25, -0.2) is 0 Å². The van der Waals surface area contributed by atoms with Crippen LogP contribution in [0.15, 0.2) is 30.5 Å². The SMILES string of the molecule is CCCn1nccc1C(NCC)c1cc(C)ccc1OC. The van der Waals surface area contributed by atoms with E-state index >= 15 is 0 Å². The lowest BCUT2D eigenvalue weighted by atomic mass is 10.00. The first-order chi connectivity index (χ1) is 10.2. The highest BCUT2D eigenvalue weighted by Crippen LogP contribution is 2.31. The minimum absolute atomic E-state index is 0.0962. The number of hydrogen-bond donors (Lipinski definition) is 1. The van der Waals surface area contributed by atoms with Gasteiger partial charge in [-0.3, -0.25) is 4.68 Å². The van der Waals surface area contributed by atoms with Crippen LogP contribution in [0.25, 0.3) is 0 Å². The average Bonchev–Trinajstić information content (AvgIpc) is 2.93. The van der Waals surface area contributed by atoms with E-state index in [9.17, 15) is 0 Å². The van der Waals surface area contributed by atoms with Crippen molar-refractivity contribution in [3.05, 3.63) is 47.3 Å². The maximum Gasteiger partial charge on any atom is 0.124 e. The predicted molar refractivity (Wildman–Crippen MR) is 85.8 cm³/mol. The summed E-state index contributed by atoms with van der Waals surface area (Å²) in [6, 6.07) is 8.49. The van der Waals surface area contributed by atoms with E-state index in [2.05, 4.69) is 54.1 Å². The number of nitrogens with one attached hydrogen (secondary N) is 1. The highest BCUT2D eigenvalue weighted by Gasteiger charge is 2.21. The number of ether oxygens (including phenoxy) is 1. The number of methoxy groups -OCH3 is 1. The fraction of sp³-hybridized carbons (Fsp3) is 0.471. The smallest absolute Gasteiger partial charge is 0.124 e. The molecule has 0 saturated carbocycles. The Labute approximate surface area is 127 Å². The number of hydrogen-bond acceptors (Lipinski definition) is 3. The minimum Gasteiger partial charge on any atom is -0.496 e. The second kappa shape index (κ2) is 7.27. The molecular formula is C17H25N3O. The molecule has 1 atom stereocenters.